The minimum absolute atomic E-state index is 0.0282. The molecular weight excluding hydrogens is 450 g/mol. The summed E-state index contributed by atoms with van der Waals surface area (Å²) in [5.41, 5.74) is 12.3. The van der Waals surface area contributed by atoms with Crippen molar-refractivity contribution in [2.24, 2.45) is 5.73 Å². The summed E-state index contributed by atoms with van der Waals surface area (Å²) in [7, 11) is 1.68. The second kappa shape index (κ2) is 9.63. The summed E-state index contributed by atoms with van der Waals surface area (Å²) < 4.78 is 14.2. The highest BCUT2D eigenvalue weighted by Crippen LogP contribution is 2.42. The van der Waals surface area contributed by atoms with Crippen molar-refractivity contribution in [2.75, 3.05) is 7.11 Å². The van der Waals surface area contributed by atoms with Gasteiger partial charge in [-0.15, -0.1) is 0 Å². The summed E-state index contributed by atoms with van der Waals surface area (Å²) in [4.78, 5) is 13.7. The highest BCUT2D eigenvalue weighted by Gasteiger charge is 2.25. The predicted molar refractivity (Wildman–Crippen MR) is 140 cm³/mol. The average molecular weight is 482 g/mol. The van der Waals surface area contributed by atoms with E-state index < -0.39 is 5.54 Å². The predicted octanol–water partition coefficient (Wildman–Crippen LogP) is 4.60. The molecule has 3 aromatic heterocycles. The van der Waals surface area contributed by atoms with Crippen molar-refractivity contribution in [3.8, 4) is 23.3 Å². The zero-order valence-corrected chi connectivity index (χ0v) is 21.2. The van der Waals surface area contributed by atoms with Gasteiger partial charge in [-0.1, -0.05) is 30.9 Å². The number of aromatic nitrogens is 4. The number of ether oxygens (including phenoxy) is 2. The second-order valence-corrected chi connectivity index (χ2v) is 9.78. The zero-order valence-electron chi connectivity index (χ0n) is 21.2. The molecule has 0 amide bonds. The lowest BCUT2D eigenvalue weighted by Crippen LogP contribution is -2.29. The number of rotatable bonds is 5. The Bertz CT molecular complexity index is 1440. The van der Waals surface area contributed by atoms with Gasteiger partial charge in [0.15, 0.2) is 17.1 Å². The third-order valence-corrected chi connectivity index (χ3v) is 6.27. The molecule has 2 N–H and O–H groups in total. The van der Waals surface area contributed by atoms with E-state index in [1.165, 1.54) is 0 Å². The summed E-state index contributed by atoms with van der Waals surface area (Å²) in [6, 6.07) is 10.4. The van der Waals surface area contributed by atoms with Crippen LogP contribution in [0, 0.1) is 11.8 Å². The Hall–Kier alpha value is -3.89. The van der Waals surface area contributed by atoms with Crippen LogP contribution in [0.2, 0.25) is 0 Å². The van der Waals surface area contributed by atoms with Crippen LogP contribution >= 0.6 is 0 Å². The molecule has 1 unspecified atom stereocenters. The van der Waals surface area contributed by atoms with Gasteiger partial charge in [0.2, 0.25) is 0 Å². The van der Waals surface area contributed by atoms with Crippen LogP contribution < -0.4 is 15.2 Å². The molecule has 184 valence electrons. The molecule has 0 spiro atoms. The molecule has 1 aromatic carbocycles. The lowest BCUT2D eigenvalue weighted by Gasteiger charge is -2.28. The molecule has 5 rings (SSSR count). The van der Waals surface area contributed by atoms with Crippen LogP contribution in [-0.4, -0.2) is 32.2 Å². The maximum atomic E-state index is 6.42. The molecule has 0 aliphatic carbocycles. The summed E-state index contributed by atoms with van der Waals surface area (Å²) in [6.45, 7) is 6.48. The van der Waals surface area contributed by atoms with Crippen molar-refractivity contribution in [1.82, 2.24) is 19.5 Å². The number of benzene rings is 1. The van der Waals surface area contributed by atoms with Crippen molar-refractivity contribution >= 4 is 11.2 Å². The molecule has 7 nitrogen and oxygen atoms in total. The van der Waals surface area contributed by atoms with E-state index in [4.69, 9.17) is 15.2 Å². The Morgan fingerprint density at radius 1 is 1.17 bits per heavy atom. The van der Waals surface area contributed by atoms with Crippen molar-refractivity contribution in [3.63, 3.8) is 0 Å². The number of nitrogens with two attached hydrogens (primary N) is 1. The maximum Gasteiger partial charge on any atom is 0.165 e. The first-order valence-electron chi connectivity index (χ1n) is 12.3. The molecule has 0 saturated carbocycles. The van der Waals surface area contributed by atoms with E-state index in [2.05, 4.69) is 51.9 Å². The smallest absolute Gasteiger partial charge is 0.165 e. The van der Waals surface area contributed by atoms with E-state index in [1.54, 1.807) is 13.3 Å². The molecule has 0 saturated heterocycles. The highest BCUT2D eigenvalue weighted by atomic mass is 16.5. The Labute approximate surface area is 211 Å². The minimum atomic E-state index is -0.555. The molecule has 7 heteroatoms. The van der Waals surface area contributed by atoms with Gasteiger partial charge in [0.05, 0.1) is 25.5 Å². The van der Waals surface area contributed by atoms with Crippen LogP contribution in [0.1, 0.15) is 61.2 Å². The Balaban J connectivity index is 1.38. The van der Waals surface area contributed by atoms with Crippen LogP contribution in [0.25, 0.3) is 11.2 Å². The molecule has 0 bridgehead atoms. The van der Waals surface area contributed by atoms with Gasteiger partial charge in [0.25, 0.3) is 0 Å². The summed E-state index contributed by atoms with van der Waals surface area (Å²) >= 11 is 0. The van der Waals surface area contributed by atoms with Gasteiger partial charge in [-0.2, -0.15) is 0 Å². The first-order chi connectivity index (χ1) is 17.3. The number of imidazole rings is 1. The van der Waals surface area contributed by atoms with Crippen molar-refractivity contribution in [3.05, 3.63) is 77.0 Å². The summed E-state index contributed by atoms with van der Waals surface area (Å²) in [5.74, 6) is 7.68. The molecular formula is C29H31N5O2. The van der Waals surface area contributed by atoms with E-state index >= 15 is 0 Å². The Morgan fingerprint density at radius 2 is 2.03 bits per heavy atom. The lowest BCUT2D eigenvalue weighted by molar-refractivity contribution is 0.168. The highest BCUT2D eigenvalue weighted by molar-refractivity contribution is 5.72. The van der Waals surface area contributed by atoms with Crippen LogP contribution in [0.4, 0.5) is 0 Å². The largest absolute Gasteiger partial charge is 0.493 e. The van der Waals surface area contributed by atoms with Crippen LogP contribution in [-0.2, 0) is 19.4 Å². The molecule has 4 heterocycles. The topological polar surface area (TPSA) is 88.1 Å². The van der Waals surface area contributed by atoms with Gasteiger partial charge in [-0.05, 0) is 62.4 Å². The van der Waals surface area contributed by atoms with E-state index in [-0.39, 0.29) is 6.10 Å². The van der Waals surface area contributed by atoms with Crippen molar-refractivity contribution < 1.29 is 9.47 Å². The lowest BCUT2D eigenvalue weighted by atomic mass is 9.96. The van der Waals surface area contributed by atoms with Gasteiger partial charge < -0.3 is 19.8 Å². The number of hydrogen-bond donors (Lipinski definition) is 1. The Kier molecular flexibility index (Phi) is 6.38. The quantitative estimate of drug-likeness (QED) is 0.419. The van der Waals surface area contributed by atoms with Gasteiger partial charge in [0, 0.05) is 29.2 Å². The number of pyridine rings is 2. The second-order valence-electron chi connectivity index (χ2n) is 9.78. The molecule has 4 aromatic rings. The summed E-state index contributed by atoms with van der Waals surface area (Å²) in [5, 5.41) is 0. The number of nitrogens with zero attached hydrogens (tertiary/aromatic N) is 4. The fraction of sp³-hybridized carbons (Fsp3) is 0.345. The number of fused-ring (bicyclic) bond motifs is 2. The number of aryl methyl sites for hydroxylation is 2. The third-order valence-electron chi connectivity index (χ3n) is 6.27. The monoisotopic (exact) mass is 481 g/mol. The van der Waals surface area contributed by atoms with E-state index in [9.17, 15) is 0 Å². The number of hydrogen-bond acceptors (Lipinski definition) is 6. The normalized spacial score (nSPS) is 15.1. The zero-order chi connectivity index (χ0) is 25.3. The molecule has 1 aliphatic rings. The molecule has 0 fully saturated rings. The van der Waals surface area contributed by atoms with E-state index in [0.29, 0.717) is 6.54 Å². The van der Waals surface area contributed by atoms with Crippen molar-refractivity contribution in [1.29, 1.82) is 0 Å². The van der Waals surface area contributed by atoms with Gasteiger partial charge in [0.1, 0.15) is 11.6 Å². The van der Waals surface area contributed by atoms with Crippen LogP contribution in [0.5, 0.6) is 11.5 Å². The van der Waals surface area contributed by atoms with Crippen molar-refractivity contribution in [2.45, 2.75) is 58.2 Å². The fourth-order valence-corrected chi connectivity index (χ4v) is 4.41. The molecule has 1 aliphatic heterocycles. The standard InChI is InChI=1S/C29H31N5O2/c1-5-23-8-6-22(16-31-23)25-9-7-21-12-20(14-26(35-4)27(21)36-25)17-34-18-33-24-13-19(15-32-28(24)34)10-11-29(2,3)30/h6,8,12-16,18,25H,5,7,9,17,30H2,1-4H3. The number of methoxy groups -OCH3 is 1. The molecule has 36 heavy (non-hydrogen) atoms. The SMILES string of the molecule is CCc1ccc(C2CCc3cc(Cn4cnc5cc(C#CC(C)(C)N)cnc54)cc(OC)c3O2)cn1. The Morgan fingerprint density at radius 3 is 2.75 bits per heavy atom. The molecule has 1 atom stereocenters. The summed E-state index contributed by atoms with van der Waals surface area (Å²) in [6.07, 6.45) is 8.21. The van der Waals surface area contributed by atoms with Crippen LogP contribution in [0.3, 0.4) is 0 Å². The van der Waals surface area contributed by atoms with E-state index in [0.717, 1.165) is 69.9 Å². The fourth-order valence-electron chi connectivity index (χ4n) is 4.41. The molecule has 0 radical (unpaired) electrons. The van der Waals surface area contributed by atoms with E-state index in [1.807, 2.05) is 43.1 Å². The first-order valence-corrected chi connectivity index (χ1v) is 12.3. The van der Waals surface area contributed by atoms with Gasteiger partial charge in [-0.25, -0.2) is 9.97 Å². The average Bonchev–Trinajstić information content (AvgIpc) is 3.28. The van der Waals surface area contributed by atoms with Crippen LogP contribution in [0.15, 0.2) is 49.1 Å². The third kappa shape index (κ3) is 5.05. The first kappa shape index (κ1) is 23.8. The minimum Gasteiger partial charge on any atom is -0.493 e. The maximum absolute atomic E-state index is 6.42. The van der Waals surface area contributed by atoms with Gasteiger partial charge in [-0.3, -0.25) is 4.98 Å². The van der Waals surface area contributed by atoms with Gasteiger partial charge >= 0.3 is 0 Å².